The largest absolute Gasteiger partial charge is 0.314 e. The molecule has 4 saturated carbocycles. The normalized spacial score (nSPS) is 58.8. The minimum absolute atomic E-state index is 0.763. The molecule has 4 heteroatoms. The highest BCUT2D eigenvalue weighted by Gasteiger charge is 2.56. The van der Waals surface area contributed by atoms with Crippen molar-refractivity contribution >= 4 is 31.9 Å². The lowest BCUT2D eigenvalue weighted by Crippen LogP contribution is -2.53. The number of halogens is 2. The summed E-state index contributed by atoms with van der Waals surface area (Å²) in [5.74, 6) is 9.34. The van der Waals surface area contributed by atoms with Crippen molar-refractivity contribution in [3.63, 3.8) is 0 Å². The Morgan fingerprint density at radius 3 is 1.52 bits per heavy atom. The maximum atomic E-state index is 4.26. The highest BCUT2D eigenvalue weighted by molar-refractivity contribution is 9.09. The van der Waals surface area contributed by atoms with Crippen molar-refractivity contribution < 1.29 is 0 Å². The van der Waals surface area contributed by atoms with Crippen molar-refractivity contribution in [1.29, 1.82) is 0 Å². The maximum absolute atomic E-state index is 4.26. The summed E-state index contributed by atoms with van der Waals surface area (Å²) >= 11 is 8.53. The third-order valence-electron chi connectivity index (χ3n) is 11.5. The van der Waals surface area contributed by atoms with Gasteiger partial charge < -0.3 is 10.6 Å². The van der Waals surface area contributed by atoms with E-state index in [0.29, 0.717) is 0 Å². The number of alkyl halides is 2. The van der Waals surface area contributed by atoms with E-state index >= 15 is 0 Å². The third-order valence-corrected chi connectivity index (χ3v) is 14.2. The van der Waals surface area contributed by atoms with Crippen molar-refractivity contribution in [2.75, 3.05) is 13.1 Å². The molecule has 31 heavy (non-hydrogen) atoms. The fraction of sp³-hybridized carbons (Fsp3) is 1.00. The first-order valence-electron chi connectivity index (χ1n) is 13.8. The molecule has 0 radical (unpaired) electrons. The second-order valence-electron chi connectivity index (χ2n) is 12.7. The molecule has 2 nitrogen and oxygen atoms in total. The smallest absolute Gasteiger partial charge is 0.0220 e. The predicted octanol–water partition coefficient (Wildman–Crippen LogP) is 6.22. The van der Waals surface area contributed by atoms with Gasteiger partial charge in [-0.25, -0.2) is 0 Å². The Kier molecular flexibility index (Phi) is 6.37. The van der Waals surface area contributed by atoms with E-state index in [1.807, 2.05) is 0 Å². The molecular weight excluding hydrogens is 512 g/mol. The average molecular weight is 556 g/mol. The average Bonchev–Trinajstić information content (AvgIpc) is 3.26. The van der Waals surface area contributed by atoms with Gasteiger partial charge in [0.05, 0.1) is 0 Å². The summed E-state index contributed by atoms with van der Waals surface area (Å²) < 4.78 is 0. The summed E-state index contributed by atoms with van der Waals surface area (Å²) in [5, 5.41) is 7.88. The van der Waals surface area contributed by atoms with Gasteiger partial charge in [-0.05, 0) is 130 Å². The fourth-order valence-electron chi connectivity index (χ4n) is 10.1. The lowest BCUT2D eigenvalue weighted by Gasteiger charge is -2.48. The molecule has 6 fully saturated rings. The van der Waals surface area contributed by atoms with E-state index in [1.165, 1.54) is 70.9 Å². The van der Waals surface area contributed by atoms with Crippen LogP contribution in [0.5, 0.6) is 0 Å². The second-order valence-corrected chi connectivity index (χ2v) is 14.9. The van der Waals surface area contributed by atoms with Crippen molar-refractivity contribution in [1.82, 2.24) is 10.6 Å². The SMILES string of the molecule is CC1CC2C(Br)C3CCCNC3CC2C1CC1C(C)CC2C(Br)C3CCCNC3CC12. The van der Waals surface area contributed by atoms with Crippen molar-refractivity contribution in [2.24, 2.45) is 59.2 Å². The summed E-state index contributed by atoms with van der Waals surface area (Å²) in [7, 11) is 0. The number of fused-ring (bicyclic) bond motifs is 4. The van der Waals surface area contributed by atoms with E-state index in [4.69, 9.17) is 0 Å². The second kappa shape index (κ2) is 8.83. The summed E-state index contributed by atoms with van der Waals surface area (Å²) in [6.07, 6.45) is 13.1. The van der Waals surface area contributed by atoms with Crippen LogP contribution >= 0.6 is 31.9 Å². The Labute approximate surface area is 207 Å². The zero-order chi connectivity index (χ0) is 21.3. The Bertz CT molecular complexity index is 603. The molecule has 0 aromatic heterocycles. The molecule has 2 N–H and O–H groups in total. The van der Waals surface area contributed by atoms with Crippen molar-refractivity contribution in [3.8, 4) is 0 Å². The number of piperidine rings is 2. The van der Waals surface area contributed by atoms with Crippen LogP contribution in [0.3, 0.4) is 0 Å². The molecule has 6 aliphatic rings. The minimum Gasteiger partial charge on any atom is -0.314 e. The van der Waals surface area contributed by atoms with Gasteiger partial charge in [-0.15, -0.1) is 0 Å². The van der Waals surface area contributed by atoms with Crippen LogP contribution in [0.25, 0.3) is 0 Å². The molecule has 0 bridgehead atoms. The summed E-state index contributed by atoms with van der Waals surface area (Å²) in [6.45, 7) is 7.74. The van der Waals surface area contributed by atoms with Gasteiger partial charge in [0, 0.05) is 21.7 Å². The minimum atomic E-state index is 0.763. The quantitative estimate of drug-likeness (QED) is 0.395. The lowest BCUT2D eigenvalue weighted by molar-refractivity contribution is 0.0793. The van der Waals surface area contributed by atoms with E-state index in [2.05, 4.69) is 56.3 Å². The first kappa shape index (κ1) is 22.4. The fourth-order valence-corrected chi connectivity index (χ4v) is 12.5. The van der Waals surface area contributed by atoms with E-state index in [1.54, 1.807) is 0 Å². The van der Waals surface area contributed by atoms with Gasteiger partial charge in [-0.1, -0.05) is 45.7 Å². The van der Waals surface area contributed by atoms with Crippen LogP contribution in [-0.4, -0.2) is 34.8 Å². The summed E-state index contributed by atoms with van der Waals surface area (Å²) in [5.41, 5.74) is 0. The van der Waals surface area contributed by atoms with Crippen molar-refractivity contribution in [2.45, 2.75) is 93.4 Å². The molecule has 14 unspecified atom stereocenters. The van der Waals surface area contributed by atoms with Gasteiger partial charge in [0.1, 0.15) is 0 Å². The van der Waals surface area contributed by atoms with E-state index in [0.717, 1.165) is 80.9 Å². The number of rotatable bonds is 2. The van der Waals surface area contributed by atoms with E-state index in [9.17, 15) is 0 Å². The van der Waals surface area contributed by atoms with E-state index < -0.39 is 0 Å². The Morgan fingerprint density at radius 2 is 1.06 bits per heavy atom. The highest BCUT2D eigenvalue weighted by atomic mass is 79.9. The van der Waals surface area contributed by atoms with Gasteiger partial charge in [-0.3, -0.25) is 0 Å². The highest BCUT2D eigenvalue weighted by Crippen LogP contribution is 2.60. The van der Waals surface area contributed by atoms with Crippen LogP contribution in [-0.2, 0) is 0 Å². The first-order chi connectivity index (χ1) is 15.0. The zero-order valence-electron chi connectivity index (χ0n) is 19.6. The Hall–Kier alpha value is 0.880. The standard InChI is InChI=1S/C27H44Br2N2/c1-14-9-22-20(12-24-16(26(22)28)5-3-7-30-24)18(14)11-19-15(2)10-23-21(19)13-25-17(27(23)29)6-4-8-31-25/h14-27,30-31H,3-13H2,1-2H3. The molecule has 0 aromatic carbocycles. The lowest BCUT2D eigenvalue weighted by atomic mass is 9.64. The number of nitrogens with one attached hydrogen (secondary N) is 2. The summed E-state index contributed by atoms with van der Waals surface area (Å²) in [4.78, 5) is 1.53. The molecule has 14 atom stereocenters. The molecule has 2 aliphatic heterocycles. The third kappa shape index (κ3) is 3.75. The Balaban J connectivity index is 1.20. The van der Waals surface area contributed by atoms with Crippen LogP contribution in [0, 0.1) is 59.2 Å². The number of hydrogen-bond acceptors (Lipinski definition) is 2. The number of hydrogen-bond donors (Lipinski definition) is 2. The Morgan fingerprint density at radius 1 is 0.613 bits per heavy atom. The van der Waals surface area contributed by atoms with Gasteiger partial charge in [0.25, 0.3) is 0 Å². The van der Waals surface area contributed by atoms with Crippen molar-refractivity contribution in [3.05, 3.63) is 0 Å². The molecule has 6 rings (SSSR count). The van der Waals surface area contributed by atoms with Gasteiger partial charge in [0.2, 0.25) is 0 Å². The van der Waals surface area contributed by atoms with Gasteiger partial charge in [-0.2, -0.15) is 0 Å². The molecular formula is C27H44Br2N2. The zero-order valence-corrected chi connectivity index (χ0v) is 22.8. The molecule has 2 heterocycles. The molecule has 2 saturated heterocycles. The van der Waals surface area contributed by atoms with Crippen LogP contribution in [0.1, 0.15) is 71.6 Å². The first-order valence-corrected chi connectivity index (χ1v) is 15.6. The molecule has 4 aliphatic carbocycles. The topological polar surface area (TPSA) is 24.1 Å². The molecule has 0 aromatic rings. The van der Waals surface area contributed by atoms with Gasteiger partial charge >= 0.3 is 0 Å². The molecule has 0 spiro atoms. The maximum Gasteiger partial charge on any atom is 0.0220 e. The van der Waals surface area contributed by atoms with Crippen LogP contribution in [0.4, 0.5) is 0 Å². The summed E-state index contributed by atoms with van der Waals surface area (Å²) in [6, 6.07) is 1.57. The van der Waals surface area contributed by atoms with Gasteiger partial charge in [0.15, 0.2) is 0 Å². The van der Waals surface area contributed by atoms with Crippen LogP contribution in [0.15, 0.2) is 0 Å². The monoisotopic (exact) mass is 554 g/mol. The molecule has 176 valence electrons. The van der Waals surface area contributed by atoms with E-state index in [-0.39, 0.29) is 0 Å². The van der Waals surface area contributed by atoms with Crippen LogP contribution in [0.2, 0.25) is 0 Å². The molecule has 0 amide bonds. The predicted molar refractivity (Wildman–Crippen MR) is 137 cm³/mol. The van der Waals surface area contributed by atoms with Crippen LogP contribution < -0.4 is 10.6 Å².